The second-order valence-corrected chi connectivity index (χ2v) is 10.4. The quantitative estimate of drug-likeness (QED) is 0.671. The highest BCUT2D eigenvalue weighted by Gasteiger charge is 2.36. The number of rotatable bonds is 7. The molecule has 2 saturated carbocycles. The minimum absolute atomic E-state index is 0.0919. The number of nitrogens with zero attached hydrogens (tertiary/aromatic N) is 1. The van der Waals surface area contributed by atoms with E-state index in [0.717, 1.165) is 70.0 Å². The lowest BCUT2D eigenvalue weighted by Gasteiger charge is -2.33. The first kappa shape index (κ1) is 23.0. The summed E-state index contributed by atoms with van der Waals surface area (Å²) in [7, 11) is 0. The van der Waals surface area contributed by atoms with E-state index in [1.54, 1.807) is 0 Å². The molecular formula is C27H38N2O3. The lowest BCUT2D eigenvalue weighted by Crippen LogP contribution is -2.48. The smallest absolute Gasteiger partial charge is 0.251 e. The molecule has 2 amide bonds. The predicted octanol–water partition coefficient (Wildman–Crippen LogP) is 4.71. The van der Waals surface area contributed by atoms with Gasteiger partial charge in [-0.05, 0) is 62.1 Å². The molecule has 4 rings (SSSR count). The van der Waals surface area contributed by atoms with Crippen LogP contribution in [0.25, 0.3) is 0 Å². The lowest BCUT2D eigenvalue weighted by molar-refractivity contribution is -0.133. The van der Waals surface area contributed by atoms with Crippen molar-refractivity contribution >= 4 is 17.6 Å². The molecule has 3 fully saturated rings. The van der Waals surface area contributed by atoms with Crippen LogP contribution in [0.5, 0.6) is 0 Å². The molecule has 1 aromatic rings. The van der Waals surface area contributed by atoms with Crippen LogP contribution in [0, 0.1) is 17.8 Å². The number of Topliss-reactive ketones (excluding diaryl/α,β-unsaturated/α-hetero) is 1. The summed E-state index contributed by atoms with van der Waals surface area (Å²) in [5.74, 6) is 0.968. The third kappa shape index (κ3) is 5.41. The van der Waals surface area contributed by atoms with Crippen molar-refractivity contribution in [1.82, 2.24) is 10.2 Å². The predicted molar refractivity (Wildman–Crippen MR) is 125 cm³/mol. The number of amides is 2. The van der Waals surface area contributed by atoms with Gasteiger partial charge in [0.15, 0.2) is 5.78 Å². The zero-order valence-electron chi connectivity index (χ0n) is 19.6. The van der Waals surface area contributed by atoms with E-state index in [9.17, 15) is 14.4 Å². The second-order valence-electron chi connectivity index (χ2n) is 10.4. The molecule has 2 aliphatic carbocycles. The molecule has 0 aromatic heterocycles. The number of nitrogens with one attached hydrogen (secondary N) is 1. The molecule has 0 radical (unpaired) electrons. The van der Waals surface area contributed by atoms with Gasteiger partial charge in [0.05, 0.1) is 6.04 Å². The minimum atomic E-state index is -0.396. The molecule has 1 aliphatic heterocycles. The van der Waals surface area contributed by atoms with Crippen molar-refractivity contribution in [3.8, 4) is 0 Å². The minimum Gasteiger partial charge on any atom is -0.342 e. The molecule has 1 N–H and O–H groups in total. The van der Waals surface area contributed by atoms with Gasteiger partial charge in [-0.2, -0.15) is 0 Å². The highest BCUT2D eigenvalue weighted by Crippen LogP contribution is 2.34. The van der Waals surface area contributed by atoms with Gasteiger partial charge < -0.3 is 10.2 Å². The number of ketones is 1. The SMILES string of the molecule is CC(C)C(=O)C(NC(=O)c1cccc(C2CCCN(C(=O)C3CC3)C2)c1)C1CCCCC1. The van der Waals surface area contributed by atoms with Crippen LogP contribution < -0.4 is 5.32 Å². The van der Waals surface area contributed by atoms with Gasteiger partial charge in [-0.25, -0.2) is 0 Å². The van der Waals surface area contributed by atoms with Crippen LogP contribution in [0.2, 0.25) is 0 Å². The maximum absolute atomic E-state index is 13.2. The fourth-order valence-corrected chi connectivity index (χ4v) is 5.44. The number of carbonyl (C=O) groups excluding carboxylic acids is 3. The van der Waals surface area contributed by atoms with Gasteiger partial charge in [-0.3, -0.25) is 14.4 Å². The van der Waals surface area contributed by atoms with E-state index >= 15 is 0 Å². The number of carbonyl (C=O) groups is 3. The molecule has 0 bridgehead atoms. The summed E-state index contributed by atoms with van der Waals surface area (Å²) in [4.78, 5) is 40.7. The molecule has 5 heteroatoms. The Hall–Kier alpha value is -2.17. The van der Waals surface area contributed by atoms with Crippen molar-refractivity contribution in [2.24, 2.45) is 17.8 Å². The fourth-order valence-electron chi connectivity index (χ4n) is 5.44. The Morgan fingerprint density at radius 3 is 2.41 bits per heavy atom. The molecule has 0 spiro atoms. The van der Waals surface area contributed by atoms with Crippen LogP contribution in [0.15, 0.2) is 24.3 Å². The van der Waals surface area contributed by atoms with Crippen molar-refractivity contribution in [2.45, 2.75) is 83.6 Å². The number of likely N-dealkylation sites (tertiary alicyclic amines) is 1. The molecular weight excluding hydrogens is 400 g/mol. The Labute approximate surface area is 192 Å². The van der Waals surface area contributed by atoms with Gasteiger partial charge in [-0.1, -0.05) is 45.2 Å². The van der Waals surface area contributed by atoms with Crippen LogP contribution in [0.1, 0.15) is 93.5 Å². The molecule has 1 saturated heterocycles. The number of hydrogen-bond donors (Lipinski definition) is 1. The van der Waals surface area contributed by atoms with E-state index in [0.29, 0.717) is 11.5 Å². The maximum atomic E-state index is 13.2. The van der Waals surface area contributed by atoms with Gasteiger partial charge in [0.2, 0.25) is 5.91 Å². The van der Waals surface area contributed by atoms with Crippen molar-refractivity contribution < 1.29 is 14.4 Å². The molecule has 5 nitrogen and oxygen atoms in total. The Balaban J connectivity index is 1.45. The van der Waals surface area contributed by atoms with Gasteiger partial charge in [0.1, 0.15) is 0 Å². The number of benzene rings is 1. The average molecular weight is 439 g/mol. The Morgan fingerprint density at radius 2 is 1.72 bits per heavy atom. The summed E-state index contributed by atoms with van der Waals surface area (Å²) < 4.78 is 0. The summed E-state index contributed by atoms with van der Waals surface area (Å²) in [5, 5.41) is 3.11. The van der Waals surface area contributed by atoms with E-state index in [1.165, 1.54) is 6.42 Å². The summed E-state index contributed by atoms with van der Waals surface area (Å²) in [6, 6.07) is 7.43. The van der Waals surface area contributed by atoms with Gasteiger partial charge in [-0.15, -0.1) is 0 Å². The molecule has 2 atom stereocenters. The van der Waals surface area contributed by atoms with E-state index in [-0.39, 0.29) is 35.4 Å². The highest BCUT2D eigenvalue weighted by atomic mass is 16.2. The standard InChI is InChI=1S/C27H38N2O3/c1-18(2)25(30)24(19-8-4-3-5-9-19)28-26(31)22-11-6-10-21(16-22)23-12-7-15-29(17-23)27(32)20-13-14-20/h6,10-11,16,18-20,23-24H,3-5,7-9,12-15,17H2,1-2H3,(H,28,31). The third-order valence-corrected chi connectivity index (χ3v) is 7.56. The van der Waals surface area contributed by atoms with E-state index in [1.807, 2.05) is 36.9 Å². The Kier molecular flexibility index (Phi) is 7.32. The van der Waals surface area contributed by atoms with E-state index < -0.39 is 6.04 Å². The largest absolute Gasteiger partial charge is 0.342 e. The van der Waals surface area contributed by atoms with E-state index in [4.69, 9.17) is 0 Å². The van der Waals surface area contributed by atoms with Crippen molar-refractivity contribution in [3.63, 3.8) is 0 Å². The third-order valence-electron chi connectivity index (χ3n) is 7.56. The van der Waals surface area contributed by atoms with Gasteiger partial charge in [0, 0.05) is 36.4 Å². The lowest BCUT2D eigenvalue weighted by atomic mass is 9.80. The summed E-state index contributed by atoms with van der Waals surface area (Å²) in [6.45, 7) is 5.44. The van der Waals surface area contributed by atoms with E-state index in [2.05, 4.69) is 11.4 Å². The normalized spacial score (nSPS) is 23.1. The molecule has 1 heterocycles. The summed E-state index contributed by atoms with van der Waals surface area (Å²) >= 11 is 0. The highest BCUT2D eigenvalue weighted by molar-refractivity contribution is 5.98. The van der Waals surface area contributed by atoms with Crippen LogP contribution in [-0.2, 0) is 9.59 Å². The van der Waals surface area contributed by atoms with Crippen LogP contribution in [0.3, 0.4) is 0 Å². The summed E-state index contributed by atoms with van der Waals surface area (Å²) in [5.41, 5.74) is 1.74. The van der Waals surface area contributed by atoms with Crippen molar-refractivity contribution in [1.29, 1.82) is 0 Å². The topological polar surface area (TPSA) is 66.5 Å². The van der Waals surface area contributed by atoms with Crippen LogP contribution in [0.4, 0.5) is 0 Å². The molecule has 174 valence electrons. The van der Waals surface area contributed by atoms with Crippen molar-refractivity contribution in [3.05, 3.63) is 35.4 Å². The van der Waals surface area contributed by atoms with Gasteiger partial charge in [0.25, 0.3) is 5.91 Å². The summed E-state index contributed by atoms with van der Waals surface area (Å²) in [6.07, 6.45) is 9.62. The monoisotopic (exact) mass is 438 g/mol. The molecule has 32 heavy (non-hydrogen) atoms. The molecule has 3 aliphatic rings. The average Bonchev–Trinajstić information content (AvgIpc) is 3.68. The first-order chi connectivity index (χ1) is 15.4. The zero-order chi connectivity index (χ0) is 22.7. The zero-order valence-corrected chi connectivity index (χ0v) is 19.6. The molecule has 1 aromatic carbocycles. The van der Waals surface area contributed by atoms with Crippen LogP contribution in [-0.4, -0.2) is 41.6 Å². The fraction of sp³-hybridized carbons (Fsp3) is 0.667. The maximum Gasteiger partial charge on any atom is 0.251 e. The molecule has 2 unspecified atom stereocenters. The first-order valence-electron chi connectivity index (χ1n) is 12.7. The van der Waals surface area contributed by atoms with Crippen LogP contribution >= 0.6 is 0 Å². The van der Waals surface area contributed by atoms with Crippen molar-refractivity contribution in [2.75, 3.05) is 13.1 Å². The number of piperidine rings is 1. The van der Waals surface area contributed by atoms with Gasteiger partial charge >= 0.3 is 0 Å². The first-order valence-corrected chi connectivity index (χ1v) is 12.7. The second kappa shape index (κ2) is 10.2. The number of hydrogen-bond acceptors (Lipinski definition) is 3. The Bertz CT molecular complexity index is 839. The Morgan fingerprint density at radius 1 is 0.969 bits per heavy atom.